The molecule has 1 aromatic carbocycles. The van der Waals surface area contributed by atoms with Crippen molar-refractivity contribution in [2.24, 2.45) is 0 Å². The first-order valence-corrected chi connectivity index (χ1v) is 7.55. The molecule has 0 saturated heterocycles. The Hall–Kier alpha value is -1.44. The van der Waals surface area contributed by atoms with Crippen LogP contribution in [-0.2, 0) is 0 Å². The summed E-state index contributed by atoms with van der Waals surface area (Å²) in [5, 5.41) is 13.7. The Morgan fingerprint density at radius 3 is 2.75 bits per heavy atom. The van der Waals surface area contributed by atoms with Gasteiger partial charge in [-0.15, -0.1) is 5.10 Å². The summed E-state index contributed by atoms with van der Waals surface area (Å²) in [6, 6.07) is 11.5. The Morgan fingerprint density at radius 2 is 2.00 bits per heavy atom. The first-order chi connectivity index (χ1) is 9.74. The minimum absolute atomic E-state index is 0.573. The molecular formula is C12H7BrClN5S. The first-order valence-electron chi connectivity index (χ1n) is 5.57. The molecule has 3 aromatic rings. The lowest BCUT2D eigenvalue weighted by molar-refractivity contribution is 0.756. The Morgan fingerprint density at radius 1 is 1.20 bits per heavy atom. The molecule has 2 aromatic heterocycles. The van der Waals surface area contributed by atoms with E-state index in [1.54, 1.807) is 16.9 Å². The highest BCUT2D eigenvalue weighted by Gasteiger charge is 2.13. The van der Waals surface area contributed by atoms with Crippen LogP contribution in [0, 0.1) is 0 Å². The van der Waals surface area contributed by atoms with Crippen molar-refractivity contribution in [2.45, 2.75) is 10.2 Å². The number of aromatic nitrogens is 5. The number of pyridine rings is 1. The molecule has 0 spiro atoms. The molecule has 0 aliphatic carbocycles. The van der Waals surface area contributed by atoms with Crippen LogP contribution in [0.1, 0.15) is 0 Å². The van der Waals surface area contributed by atoms with Crippen molar-refractivity contribution in [1.29, 1.82) is 0 Å². The van der Waals surface area contributed by atoms with Crippen molar-refractivity contribution in [1.82, 2.24) is 25.2 Å². The summed E-state index contributed by atoms with van der Waals surface area (Å²) < 4.78 is 2.46. The topological polar surface area (TPSA) is 56.5 Å². The van der Waals surface area contributed by atoms with Gasteiger partial charge < -0.3 is 0 Å². The lowest BCUT2D eigenvalue weighted by atomic mass is 10.3. The average Bonchev–Trinajstić information content (AvgIpc) is 2.91. The lowest BCUT2D eigenvalue weighted by Crippen LogP contribution is -1.98. The van der Waals surface area contributed by atoms with Crippen molar-refractivity contribution >= 4 is 39.3 Å². The zero-order chi connectivity index (χ0) is 13.9. The standard InChI is InChI=1S/C12H7BrClN5S/c13-10-6-8(14)7-15-11(10)20-12-16-17-18-19(12)9-4-2-1-3-5-9/h1-7H. The van der Waals surface area contributed by atoms with Gasteiger partial charge in [0.1, 0.15) is 5.03 Å². The van der Waals surface area contributed by atoms with Crippen LogP contribution in [0.5, 0.6) is 0 Å². The Labute approximate surface area is 132 Å². The second-order valence-electron chi connectivity index (χ2n) is 3.75. The zero-order valence-electron chi connectivity index (χ0n) is 9.94. The van der Waals surface area contributed by atoms with Crippen molar-refractivity contribution in [3.63, 3.8) is 0 Å². The van der Waals surface area contributed by atoms with E-state index in [-0.39, 0.29) is 0 Å². The third kappa shape index (κ3) is 2.84. The minimum Gasteiger partial charge on any atom is -0.247 e. The summed E-state index contributed by atoms with van der Waals surface area (Å²) in [6.45, 7) is 0. The summed E-state index contributed by atoms with van der Waals surface area (Å²) in [7, 11) is 0. The molecule has 0 aliphatic heterocycles. The normalized spacial score (nSPS) is 10.7. The molecule has 20 heavy (non-hydrogen) atoms. The molecule has 0 saturated carbocycles. The molecule has 0 unspecified atom stereocenters. The van der Waals surface area contributed by atoms with Crippen LogP contribution in [0.4, 0.5) is 0 Å². The van der Waals surface area contributed by atoms with Crippen molar-refractivity contribution in [2.75, 3.05) is 0 Å². The fraction of sp³-hybridized carbons (Fsp3) is 0. The van der Waals surface area contributed by atoms with Gasteiger partial charge in [0.25, 0.3) is 0 Å². The van der Waals surface area contributed by atoms with E-state index in [4.69, 9.17) is 11.6 Å². The van der Waals surface area contributed by atoms with Gasteiger partial charge in [-0.25, -0.2) is 4.98 Å². The maximum Gasteiger partial charge on any atom is 0.220 e. The maximum absolute atomic E-state index is 5.88. The molecule has 100 valence electrons. The van der Waals surface area contributed by atoms with Gasteiger partial charge in [0.2, 0.25) is 5.16 Å². The first kappa shape index (κ1) is 13.5. The molecule has 0 amide bonds. The second kappa shape index (κ2) is 5.90. The van der Waals surface area contributed by atoms with E-state index < -0.39 is 0 Å². The number of hydrogen-bond donors (Lipinski definition) is 0. The molecule has 0 N–H and O–H groups in total. The van der Waals surface area contributed by atoms with Crippen LogP contribution in [0.25, 0.3) is 5.69 Å². The van der Waals surface area contributed by atoms with E-state index in [1.165, 1.54) is 11.8 Å². The number of rotatable bonds is 3. The van der Waals surface area contributed by atoms with Gasteiger partial charge in [0, 0.05) is 6.20 Å². The highest BCUT2D eigenvalue weighted by atomic mass is 79.9. The minimum atomic E-state index is 0.573. The summed E-state index contributed by atoms with van der Waals surface area (Å²) >= 11 is 10.7. The van der Waals surface area contributed by atoms with Crippen LogP contribution < -0.4 is 0 Å². The summed E-state index contributed by atoms with van der Waals surface area (Å²) in [4.78, 5) is 4.26. The number of hydrogen-bond acceptors (Lipinski definition) is 5. The highest BCUT2D eigenvalue weighted by molar-refractivity contribution is 9.10. The molecule has 0 atom stereocenters. The SMILES string of the molecule is Clc1cnc(Sc2nnnn2-c2ccccc2)c(Br)c1. The molecule has 3 rings (SSSR count). The summed E-state index contributed by atoms with van der Waals surface area (Å²) in [5.74, 6) is 0. The fourth-order valence-corrected chi connectivity index (χ4v) is 3.16. The molecule has 0 fully saturated rings. The highest BCUT2D eigenvalue weighted by Crippen LogP contribution is 2.32. The van der Waals surface area contributed by atoms with Crippen LogP contribution in [-0.4, -0.2) is 25.2 Å². The van der Waals surface area contributed by atoms with E-state index in [2.05, 4.69) is 36.4 Å². The zero-order valence-corrected chi connectivity index (χ0v) is 13.1. The molecular weight excluding hydrogens is 362 g/mol. The van der Waals surface area contributed by atoms with Crippen LogP contribution in [0.15, 0.2) is 57.3 Å². The van der Waals surface area contributed by atoms with Crippen molar-refractivity contribution in [3.05, 3.63) is 52.1 Å². The van der Waals surface area contributed by atoms with E-state index >= 15 is 0 Å². The number of tetrazole rings is 1. The number of nitrogens with zero attached hydrogens (tertiary/aromatic N) is 5. The van der Waals surface area contributed by atoms with Gasteiger partial charge in [-0.3, -0.25) is 0 Å². The van der Waals surface area contributed by atoms with Gasteiger partial charge in [0.15, 0.2) is 0 Å². The van der Waals surface area contributed by atoms with Crippen LogP contribution in [0.3, 0.4) is 0 Å². The molecule has 8 heteroatoms. The van der Waals surface area contributed by atoms with E-state index in [0.717, 1.165) is 15.2 Å². The van der Waals surface area contributed by atoms with E-state index in [9.17, 15) is 0 Å². The van der Waals surface area contributed by atoms with Crippen molar-refractivity contribution in [3.8, 4) is 5.69 Å². The van der Waals surface area contributed by atoms with Gasteiger partial charge in [-0.2, -0.15) is 4.68 Å². The third-order valence-electron chi connectivity index (χ3n) is 2.40. The third-order valence-corrected chi connectivity index (χ3v) is 4.43. The molecule has 0 radical (unpaired) electrons. The smallest absolute Gasteiger partial charge is 0.220 e. The second-order valence-corrected chi connectivity index (χ2v) is 6.00. The number of benzene rings is 1. The largest absolute Gasteiger partial charge is 0.247 e. The summed E-state index contributed by atoms with van der Waals surface area (Å²) in [5.41, 5.74) is 0.894. The van der Waals surface area contributed by atoms with Gasteiger partial charge >= 0.3 is 0 Å². The van der Waals surface area contributed by atoms with E-state index in [1.807, 2.05) is 30.3 Å². The van der Waals surface area contributed by atoms with Gasteiger partial charge in [-0.1, -0.05) is 29.8 Å². The monoisotopic (exact) mass is 367 g/mol. The van der Waals surface area contributed by atoms with Gasteiger partial charge in [-0.05, 0) is 56.3 Å². The summed E-state index contributed by atoms with van der Waals surface area (Å²) in [6.07, 6.45) is 1.59. The van der Waals surface area contributed by atoms with Crippen LogP contribution in [0.2, 0.25) is 5.02 Å². The molecule has 5 nitrogen and oxygen atoms in total. The average molecular weight is 369 g/mol. The molecule has 0 aliphatic rings. The Bertz CT molecular complexity index is 734. The van der Waals surface area contributed by atoms with Crippen LogP contribution >= 0.6 is 39.3 Å². The molecule has 0 bridgehead atoms. The molecule has 2 heterocycles. The fourth-order valence-electron chi connectivity index (χ4n) is 1.54. The lowest BCUT2D eigenvalue weighted by Gasteiger charge is -2.04. The number of halogens is 2. The Kier molecular flexibility index (Phi) is 4.00. The maximum atomic E-state index is 5.88. The predicted octanol–water partition coefficient (Wildman–Crippen LogP) is 3.62. The van der Waals surface area contributed by atoms with E-state index in [0.29, 0.717) is 10.2 Å². The van der Waals surface area contributed by atoms with Gasteiger partial charge in [0.05, 0.1) is 15.2 Å². The number of para-hydroxylation sites is 1. The quantitative estimate of drug-likeness (QED) is 0.706. The Balaban J connectivity index is 1.95. The van der Waals surface area contributed by atoms with Crippen molar-refractivity contribution < 1.29 is 0 Å². The predicted molar refractivity (Wildman–Crippen MR) is 80.2 cm³/mol.